The van der Waals surface area contributed by atoms with Crippen LogP contribution >= 0.6 is 0 Å². The molecule has 0 amide bonds. The minimum absolute atomic E-state index is 0.833. The molecule has 2 aliphatic heterocycles. The van der Waals surface area contributed by atoms with Gasteiger partial charge in [0.2, 0.25) is 0 Å². The van der Waals surface area contributed by atoms with Crippen LogP contribution in [0.3, 0.4) is 0 Å². The van der Waals surface area contributed by atoms with Crippen LogP contribution in [-0.2, 0) is 0 Å². The fourth-order valence-corrected chi connectivity index (χ4v) is 4.04. The van der Waals surface area contributed by atoms with Crippen molar-refractivity contribution in [3.63, 3.8) is 0 Å². The second-order valence-corrected chi connectivity index (χ2v) is 7.22. The highest BCUT2D eigenvalue weighted by Gasteiger charge is 2.26. The maximum Gasteiger partial charge on any atom is 0.0167 e. The molecule has 0 radical (unpaired) electrons. The number of piperazine rings is 1. The fourth-order valence-electron chi connectivity index (χ4n) is 4.04. The monoisotopic (exact) mass is 327 g/mol. The third-order valence-corrected chi connectivity index (χ3v) is 5.49. The predicted molar refractivity (Wildman–Crippen MR) is 103 cm³/mol. The summed E-state index contributed by atoms with van der Waals surface area (Å²) in [7, 11) is 0. The van der Waals surface area contributed by atoms with Crippen molar-refractivity contribution in [2.75, 3.05) is 52.4 Å². The highest BCUT2D eigenvalue weighted by molar-refractivity contribution is 5.48. The van der Waals surface area contributed by atoms with Crippen molar-refractivity contribution in [1.29, 1.82) is 0 Å². The Bertz CT molecular complexity index is 483. The molecule has 0 aliphatic carbocycles. The van der Waals surface area contributed by atoms with Crippen LogP contribution in [0.4, 0.5) is 0 Å². The molecule has 0 spiro atoms. The van der Waals surface area contributed by atoms with Gasteiger partial charge in [0.25, 0.3) is 0 Å². The van der Waals surface area contributed by atoms with Gasteiger partial charge in [-0.15, -0.1) is 0 Å². The molecular formula is C21H33N3. The molecule has 0 saturated carbocycles. The Morgan fingerprint density at radius 2 is 1.62 bits per heavy atom. The van der Waals surface area contributed by atoms with Gasteiger partial charge in [0.1, 0.15) is 0 Å². The number of piperidine rings is 1. The van der Waals surface area contributed by atoms with Gasteiger partial charge in [-0.25, -0.2) is 0 Å². The minimum Gasteiger partial charge on any atom is -0.303 e. The van der Waals surface area contributed by atoms with Gasteiger partial charge >= 0.3 is 0 Å². The smallest absolute Gasteiger partial charge is 0.0167 e. The highest BCUT2D eigenvalue weighted by atomic mass is 15.3. The van der Waals surface area contributed by atoms with Gasteiger partial charge in [-0.3, -0.25) is 9.80 Å². The number of hydrogen-bond acceptors (Lipinski definition) is 3. The van der Waals surface area contributed by atoms with Crippen molar-refractivity contribution >= 4 is 6.08 Å². The first-order valence-electron chi connectivity index (χ1n) is 9.75. The number of rotatable bonds is 6. The summed E-state index contributed by atoms with van der Waals surface area (Å²) < 4.78 is 0. The molecule has 0 N–H and O–H groups in total. The normalized spacial score (nSPS) is 22.4. The van der Waals surface area contributed by atoms with Crippen LogP contribution in [0, 0.1) is 0 Å². The molecular weight excluding hydrogens is 294 g/mol. The van der Waals surface area contributed by atoms with E-state index in [1.54, 1.807) is 0 Å². The summed E-state index contributed by atoms with van der Waals surface area (Å²) in [6, 6.07) is 11.4. The van der Waals surface area contributed by atoms with E-state index in [1.807, 2.05) is 0 Å². The Labute approximate surface area is 147 Å². The zero-order valence-corrected chi connectivity index (χ0v) is 15.2. The van der Waals surface area contributed by atoms with Gasteiger partial charge < -0.3 is 4.90 Å². The summed E-state index contributed by atoms with van der Waals surface area (Å²) in [6.45, 7) is 12.2. The third kappa shape index (κ3) is 5.17. The summed E-state index contributed by atoms with van der Waals surface area (Å²) in [5.74, 6) is 0. The molecule has 0 unspecified atom stereocenters. The van der Waals surface area contributed by atoms with Gasteiger partial charge in [-0.1, -0.05) is 49.4 Å². The molecule has 2 aliphatic rings. The molecule has 24 heavy (non-hydrogen) atoms. The molecule has 2 fully saturated rings. The lowest BCUT2D eigenvalue weighted by Gasteiger charge is -2.42. The number of hydrogen-bond donors (Lipinski definition) is 0. The van der Waals surface area contributed by atoms with E-state index < -0.39 is 0 Å². The van der Waals surface area contributed by atoms with E-state index in [0.29, 0.717) is 0 Å². The van der Waals surface area contributed by atoms with E-state index in [4.69, 9.17) is 0 Å². The molecule has 1 aromatic carbocycles. The van der Waals surface area contributed by atoms with Crippen molar-refractivity contribution in [2.24, 2.45) is 0 Å². The van der Waals surface area contributed by atoms with Crippen LogP contribution < -0.4 is 0 Å². The zero-order chi connectivity index (χ0) is 16.6. The van der Waals surface area contributed by atoms with Crippen LogP contribution in [0.5, 0.6) is 0 Å². The summed E-state index contributed by atoms with van der Waals surface area (Å²) in [5.41, 5.74) is 1.30. The molecule has 3 heteroatoms. The lowest BCUT2D eigenvalue weighted by Crippen LogP contribution is -2.53. The average molecular weight is 328 g/mol. The third-order valence-electron chi connectivity index (χ3n) is 5.49. The average Bonchev–Trinajstić information content (AvgIpc) is 2.64. The summed E-state index contributed by atoms with van der Waals surface area (Å²) >= 11 is 0. The number of nitrogens with zero attached hydrogens (tertiary/aromatic N) is 3. The van der Waals surface area contributed by atoms with Gasteiger partial charge in [-0.2, -0.15) is 0 Å². The second-order valence-electron chi connectivity index (χ2n) is 7.22. The molecule has 0 atom stereocenters. The molecule has 3 nitrogen and oxygen atoms in total. The first-order chi connectivity index (χ1) is 11.8. The molecule has 2 saturated heterocycles. The molecule has 3 rings (SSSR count). The predicted octanol–water partition coefficient (Wildman–Crippen LogP) is 3.19. The molecule has 132 valence electrons. The largest absolute Gasteiger partial charge is 0.303 e. The van der Waals surface area contributed by atoms with Crippen molar-refractivity contribution in [2.45, 2.75) is 32.2 Å². The van der Waals surface area contributed by atoms with Gasteiger partial charge in [-0.05, 0) is 44.5 Å². The van der Waals surface area contributed by atoms with Gasteiger partial charge in [0.15, 0.2) is 0 Å². The minimum atomic E-state index is 0.833. The number of likely N-dealkylation sites (tertiary alicyclic amines) is 1. The molecule has 0 bridgehead atoms. The lowest BCUT2D eigenvalue weighted by atomic mass is 10.0. The molecule has 2 heterocycles. The summed E-state index contributed by atoms with van der Waals surface area (Å²) in [5, 5.41) is 0. The van der Waals surface area contributed by atoms with Crippen molar-refractivity contribution in [1.82, 2.24) is 14.7 Å². The Kier molecular flexibility index (Phi) is 6.88. The van der Waals surface area contributed by atoms with Crippen molar-refractivity contribution in [3.05, 3.63) is 42.0 Å². The van der Waals surface area contributed by atoms with Crippen LogP contribution in [0.25, 0.3) is 6.08 Å². The first-order valence-corrected chi connectivity index (χ1v) is 9.75. The zero-order valence-electron chi connectivity index (χ0n) is 15.2. The van der Waals surface area contributed by atoms with Crippen LogP contribution in [-0.4, -0.2) is 73.1 Å². The standard InChI is InChI=1S/C21H33N3/c1-2-12-22-14-10-21(11-15-22)24-18-16-23(17-19-24)13-6-9-20-7-4-3-5-8-20/h3-9,21H,2,10-19H2,1H3/b9-6+. The Morgan fingerprint density at radius 1 is 0.917 bits per heavy atom. The van der Waals surface area contributed by atoms with E-state index >= 15 is 0 Å². The second kappa shape index (κ2) is 9.36. The Morgan fingerprint density at radius 3 is 2.29 bits per heavy atom. The van der Waals surface area contributed by atoms with Crippen LogP contribution in [0.2, 0.25) is 0 Å². The summed E-state index contributed by atoms with van der Waals surface area (Å²) in [4.78, 5) is 7.98. The van der Waals surface area contributed by atoms with Crippen molar-refractivity contribution < 1.29 is 0 Å². The van der Waals surface area contributed by atoms with Crippen molar-refractivity contribution in [3.8, 4) is 0 Å². The van der Waals surface area contributed by atoms with Gasteiger partial charge in [0, 0.05) is 38.8 Å². The van der Waals surface area contributed by atoms with Crippen LogP contribution in [0.15, 0.2) is 36.4 Å². The van der Waals surface area contributed by atoms with Gasteiger partial charge in [0.05, 0.1) is 0 Å². The first kappa shape index (κ1) is 17.7. The highest BCUT2D eigenvalue weighted by Crippen LogP contribution is 2.18. The van der Waals surface area contributed by atoms with E-state index in [0.717, 1.165) is 12.6 Å². The number of benzene rings is 1. The SMILES string of the molecule is CCCN1CCC(N2CCN(C/C=C/c3ccccc3)CC2)CC1. The lowest BCUT2D eigenvalue weighted by molar-refractivity contribution is 0.0633. The fraction of sp³-hybridized carbons (Fsp3) is 0.619. The molecule has 1 aromatic rings. The molecule has 0 aromatic heterocycles. The summed E-state index contributed by atoms with van der Waals surface area (Å²) in [6.07, 6.45) is 8.59. The van der Waals surface area contributed by atoms with E-state index in [2.05, 4.69) is 64.1 Å². The Hall–Kier alpha value is -1.16. The maximum absolute atomic E-state index is 2.75. The topological polar surface area (TPSA) is 9.72 Å². The van der Waals surface area contributed by atoms with Crippen LogP contribution in [0.1, 0.15) is 31.7 Å². The Balaban J connectivity index is 1.36. The maximum atomic E-state index is 2.75. The van der Waals surface area contributed by atoms with E-state index in [-0.39, 0.29) is 0 Å². The van der Waals surface area contributed by atoms with E-state index in [1.165, 1.54) is 70.6 Å². The van der Waals surface area contributed by atoms with E-state index in [9.17, 15) is 0 Å². The quantitative estimate of drug-likeness (QED) is 0.794.